The molecule has 2 aromatic rings. The second-order valence-electron chi connectivity index (χ2n) is 4.25. The zero-order valence-corrected chi connectivity index (χ0v) is 10.7. The Labute approximate surface area is 105 Å². The van der Waals surface area contributed by atoms with Crippen LogP contribution in [0.25, 0.3) is 0 Å². The Bertz CT molecular complexity index is 542. The summed E-state index contributed by atoms with van der Waals surface area (Å²) in [6.45, 7) is 1.94. The van der Waals surface area contributed by atoms with Crippen molar-refractivity contribution in [3.05, 3.63) is 36.1 Å². The number of furan rings is 1. The van der Waals surface area contributed by atoms with E-state index in [1.54, 1.807) is 37.2 Å². The molecule has 0 bridgehead atoms. The zero-order valence-electron chi connectivity index (χ0n) is 10.7. The Morgan fingerprint density at radius 3 is 2.89 bits per heavy atom. The third-order valence-electron chi connectivity index (χ3n) is 2.85. The van der Waals surface area contributed by atoms with E-state index in [9.17, 15) is 4.79 Å². The van der Waals surface area contributed by atoms with Gasteiger partial charge in [0.05, 0.1) is 7.11 Å². The topological polar surface area (TPSA) is 57.3 Å². The molecule has 96 valence electrons. The van der Waals surface area contributed by atoms with Gasteiger partial charge in [-0.15, -0.1) is 0 Å². The summed E-state index contributed by atoms with van der Waals surface area (Å²) >= 11 is 0. The molecule has 2 heterocycles. The van der Waals surface area contributed by atoms with Gasteiger partial charge in [-0.25, -0.2) is 4.98 Å². The highest BCUT2D eigenvalue weighted by molar-refractivity contribution is 5.93. The zero-order chi connectivity index (χ0) is 13.1. The number of hydrogen-bond donors (Lipinski definition) is 0. The average molecular weight is 248 g/mol. The molecule has 0 amide bonds. The molecule has 18 heavy (non-hydrogen) atoms. The van der Waals surface area contributed by atoms with Gasteiger partial charge < -0.3 is 13.7 Å². The molecule has 0 N–H and O–H groups in total. The van der Waals surface area contributed by atoms with E-state index in [4.69, 9.17) is 9.15 Å². The number of Topliss-reactive ketones (excluding diaryl/α,β-unsaturated/α-hetero) is 1. The van der Waals surface area contributed by atoms with E-state index in [2.05, 4.69) is 4.98 Å². The van der Waals surface area contributed by atoms with Crippen molar-refractivity contribution in [1.29, 1.82) is 0 Å². The Balaban J connectivity index is 2.05. The monoisotopic (exact) mass is 248 g/mol. The number of imidazole rings is 1. The molecule has 0 radical (unpaired) electrons. The van der Waals surface area contributed by atoms with E-state index < -0.39 is 0 Å². The first-order valence-electron chi connectivity index (χ1n) is 5.76. The van der Waals surface area contributed by atoms with Gasteiger partial charge in [-0.05, 0) is 6.07 Å². The molecule has 2 aromatic heterocycles. The quantitative estimate of drug-likeness (QED) is 0.762. The number of aryl methyl sites for hydroxylation is 1. The molecule has 0 aliphatic carbocycles. The number of methoxy groups -OCH3 is 1. The smallest absolute Gasteiger partial charge is 0.284 e. The second kappa shape index (κ2) is 5.08. The SMILES string of the molecule is COc1ccc([C@H](C)CC(=O)c2nccn2C)o1. The molecule has 0 aliphatic heterocycles. The fourth-order valence-electron chi connectivity index (χ4n) is 1.81. The van der Waals surface area contributed by atoms with E-state index in [0.717, 1.165) is 5.76 Å². The van der Waals surface area contributed by atoms with Gasteiger partial charge in [0, 0.05) is 37.8 Å². The molecule has 0 saturated carbocycles. The molecule has 0 aliphatic rings. The first kappa shape index (κ1) is 12.4. The van der Waals surface area contributed by atoms with Gasteiger partial charge in [0.25, 0.3) is 5.95 Å². The van der Waals surface area contributed by atoms with E-state index in [1.807, 2.05) is 13.0 Å². The summed E-state index contributed by atoms with van der Waals surface area (Å²) in [5.41, 5.74) is 0. The largest absolute Gasteiger partial charge is 0.468 e. The van der Waals surface area contributed by atoms with Crippen molar-refractivity contribution in [2.75, 3.05) is 7.11 Å². The van der Waals surface area contributed by atoms with Crippen molar-refractivity contribution in [2.45, 2.75) is 19.3 Å². The molecular weight excluding hydrogens is 232 g/mol. The van der Waals surface area contributed by atoms with E-state index in [0.29, 0.717) is 18.2 Å². The maximum absolute atomic E-state index is 12.0. The number of rotatable bonds is 5. The normalized spacial score (nSPS) is 12.4. The average Bonchev–Trinajstić information content (AvgIpc) is 2.96. The molecule has 0 saturated heterocycles. The van der Waals surface area contributed by atoms with Crippen LogP contribution in [-0.4, -0.2) is 22.4 Å². The third-order valence-corrected chi connectivity index (χ3v) is 2.85. The number of carbonyl (C=O) groups excluding carboxylic acids is 1. The van der Waals surface area contributed by atoms with Gasteiger partial charge in [0.2, 0.25) is 0 Å². The number of aromatic nitrogens is 2. The van der Waals surface area contributed by atoms with Crippen molar-refractivity contribution in [2.24, 2.45) is 7.05 Å². The summed E-state index contributed by atoms with van der Waals surface area (Å²) in [5.74, 6) is 1.68. The van der Waals surface area contributed by atoms with Gasteiger partial charge in [-0.3, -0.25) is 4.79 Å². The Kier molecular flexibility index (Phi) is 3.50. The van der Waals surface area contributed by atoms with Crippen LogP contribution in [-0.2, 0) is 7.05 Å². The Hall–Kier alpha value is -2.04. The van der Waals surface area contributed by atoms with Crippen molar-refractivity contribution in [1.82, 2.24) is 9.55 Å². The van der Waals surface area contributed by atoms with Gasteiger partial charge in [0.15, 0.2) is 11.6 Å². The summed E-state index contributed by atoms with van der Waals surface area (Å²) in [5, 5.41) is 0. The van der Waals surface area contributed by atoms with Crippen molar-refractivity contribution >= 4 is 5.78 Å². The molecule has 1 atom stereocenters. The lowest BCUT2D eigenvalue weighted by molar-refractivity contribution is 0.0958. The minimum atomic E-state index is -0.00176. The number of hydrogen-bond acceptors (Lipinski definition) is 4. The van der Waals surface area contributed by atoms with Gasteiger partial charge in [-0.1, -0.05) is 6.92 Å². The summed E-state index contributed by atoms with van der Waals surface area (Å²) in [6.07, 6.45) is 3.74. The lowest BCUT2D eigenvalue weighted by Gasteiger charge is -2.07. The summed E-state index contributed by atoms with van der Waals surface area (Å²) in [7, 11) is 3.35. The molecule has 0 fully saturated rings. The molecular formula is C13H16N2O3. The van der Waals surface area contributed by atoms with Crippen LogP contribution in [0.4, 0.5) is 0 Å². The van der Waals surface area contributed by atoms with Crippen LogP contribution in [0, 0.1) is 0 Å². The first-order chi connectivity index (χ1) is 8.61. The highest BCUT2D eigenvalue weighted by atomic mass is 16.6. The van der Waals surface area contributed by atoms with E-state index >= 15 is 0 Å². The maximum Gasteiger partial charge on any atom is 0.284 e. The Morgan fingerprint density at radius 1 is 1.56 bits per heavy atom. The fraction of sp³-hybridized carbons (Fsp3) is 0.385. The first-order valence-corrected chi connectivity index (χ1v) is 5.76. The van der Waals surface area contributed by atoms with Crippen LogP contribution in [0.1, 0.15) is 35.6 Å². The molecule has 2 rings (SSSR count). The highest BCUT2D eigenvalue weighted by Gasteiger charge is 2.18. The minimum absolute atomic E-state index is 0.00176. The standard InChI is InChI=1S/C13H16N2O3/c1-9(11-4-5-12(17-3)18-11)8-10(16)13-14-6-7-15(13)2/h4-7,9H,8H2,1-3H3/t9-/m1/s1. The van der Waals surface area contributed by atoms with Crippen LogP contribution in [0.2, 0.25) is 0 Å². The molecule has 5 nitrogen and oxygen atoms in total. The van der Waals surface area contributed by atoms with Crippen molar-refractivity contribution < 1.29 is 13.9 Å². The van der Waals surface area contributed by atoms with Crippen LogP contribution in [0.5, 0.6) is 5.95 Å². The predicted octanol–water partition coefficient (Wildman–Crippen LogP) is 2.40. The minimum Gasteiger partial charge on any atom is -0.468 e. The number of ketones is 1. The lowest BCUT2D eigenvalue weighted by atomic mass is 10.0. The van der Waals surface area contributed by atoms with Gasteiger partial charge in [0.1, 0.15) is 5.76 Å². The number of carbonyl (C=O) groups is 1. The molecule has 0 spiro atoms. The summed E-state index contributed by atoms with van der Waals surface area (Å²) < 4.78 is 12.1. The molecule has 0 aromatic carbocycles. The van der Waals surface area contributed by atoms with Crippen LogP contribution >= 0.6 is 0 Å². The third kappa shape index (κ3) is 2.45. The second-order valence-corrected chi connectivity index (χ2v) is 4.25. The molecule has 5 heteroatoms. The van der Waals surface area contributed by atoms with Crippen LogP contribution in [0.3, 0.4) is 0 Å². The summed E-state index contributed by atoms with van der Waals surface area (Å²) in [4.78, 5) is 16.1. The maximum atomic E-state index is 12.0. The number of nitrogens with zero attached hydrogens (tertiary/aromatic N) is 2. The summed E-state index contributed by atoms with van der Waals surface area (Å²) in [6, 6.07) is 3.58. The van der Waals surface area contributed by atoms with Crippen molar-refractivity contribution in [3.63, 3.8) is 0 Å². The lowest BCUT2D eigenvalue weighted by Crippen LogP contribution is -2.10. The van der Waals surface area contributed by atoms with Crippen LogP contribution in [0.15, 0.2) is 28.9 Å². The molecule has 0 unspecified atom stereocenters. The predicted molar refractivity (Wildman–Crippen MR) is 65.8 cm³/mol. The fourth-order valence-corrected chi connectivity index (χ4v) is 1.81. The van der Waals surface area contributed by atoms with E-state index in [-0.39, 0.29) is 11.7 Å². The van der Waals surface area contributed by atoms with Crippen LogP contribution < -0.4 is 4.74 Å². The number of ether oxygens (including phenoxy) is 1. The van der Waals surface area contributed by atoms with Gasteiger partial charge in [-0.2, -0.15) is 0 Å². The van der Waals surface area contributed by atoms with Crippen molar-refractivity contribution in [3.8, 4) is 5.95 Å². The Morgan fingerprint density at radius 2 is 2.33 bits per heavy atom. The highest BCUT2D eigenvalue weighted by Crippen LogP contribution is 2.26. The van der Waals surface area contributed by atoms with E-state index in [1.165, 1.54) is 0 Å². The van der Waals surface area contributed by atoms with Gasteiger partial charge >= 0.3 is 0 Å².